The molecule has 0 bridgehead atoms. The van der Waals surface area contributed by atoms with E-state index in [0.717, 1.165) is 0 Å². The van der Waals surface area contributed by atoms with E-state index >= 15 is 0 Å². The molecule has 0 radical (unpaired) electrons. The van der Waals surface area contributed by atoms with Crippen LogP contribution in [0.2, 0.25) is 5.02 Å². The van der Waals surface area contributed by atoms with Gasteiger partial charge in [-0.1, -0.05) is 11.6 Å². The number of hydrogen-bond acceptors (Lipinski definition) is 2. The molecule has 1 aromatic carbocycles. The Balaban J connectivity index is 3.01. The summed E-state index contributed by atoms with van der Waals surface area (Å²) in [5, 5.41) is 0.376. The zero-order valence-corrected chi connectivity index (χ0v) is 9.42. The molecule has 1 amide bonds. The molecular weight excluding hydrogens is 257 g/mol. The molecule has 0 aromatic heterocycles. The van der Waals surface area contributed by atoms with Crippen molar-refractivity contribution in [1.29, 1.82) is 0 Å². The standard InChI is InChI=1S/C10H10ClF3N2O/c11-7-1-3-8(4-2-7)16(6-5-15)9(17)10(12,13)14/h1-4H,5-6,15H2. The number of amides is 1. The van der Waals surface area contributed by atoms with E-state index in [4.69, 9.17) is 17.3 Å². The van der Waals surface area contributed by atoms with Gasteiger partial charge in [-0.15, -0.1) is 0 Å². The third kappa shape index (κ3) is 3.61. The lowest BCUT2D eigenvalue weighted by Crippen LogP contribution is -2.43. The van der Waals surface area contributed by atoms with Crippen LogP contribution in [-0.4, -0.2) is 25.2 Å². The van der Waals surface area contributed by atoms with E-state index in [1.165, 1.54) is 24.3 Å². The summed E-state index contributed by atoms with van der Waals surface area (Å²) in [6.45, 7) is -0.273. The van der Waals surface area contributed by atoms with Gasteiger partial charge in [-0.3, -0.25) is 4.79 Å². The van der Waals surface area contributed by atoms with Crippen LogP contribution in [0.25, 0.3) is 0 Å². The van der Waals surface area contributed by atoms with Crippen molar-refractivity contribution >= 4 is 23.2 Å². The third-order valence-corrected chi connectivity index (χ3v) is 2.23. The number of benzene rings is 1. The zero-order valence-electron chi connectivity index (χ0n) is 8.67. The molecule has 0 heterocycles. The first-order valence-corrected chi connectivity index (χ1v) is 5.08. The van der Waals surface area contributed by atoms with Crippen LogP contribution in [0.15, 0.2) is 24.3 Å². The molecule has 0 aliphatic heterocycles. The minimum Gasteiger partial charge on any atom is -0.329 e. The van der Waals surface area contributed by atoms with E-state index < -0.39 is 12.1 Å². The van der Waals surface area contributed by atoms with Gasteiger partial charge < -0.3 is 10.6 Å². The summed E-state index contributed by atoms with van der Waals surface area (Å²) in [4.78, 5) is 11.7. The van der Waals surface area contributed by atoms with Crippen molar-refractivity contribution in [3.8, 4) is 0 Å². The average Bonchev–Trinajstić information content (AvgIpc) is 2.25. The minimum absolute atomic E-state index is 0.0650. The van der Waals surface area contributed by atoms with Crippen molar-refractivity contribution in [2.45, 2.75) is 6.18 Å². The lowest BCUT2D eigenvalue weighted by molar-refractivity contribution is -0.170. The molecule has 0 aliphatic carbocycles. The van der Waals surface area contributed by atoms with E-state index in [2.05, 4.69) is 0 Å². The van der Waals surface area contributed by atoms with Crippen LogP contribution in [0.4, 0.5) is 18.9 Å². The first-order valence-electron chi connectivity index (χ1n) is 4.70. The maximum Gasteiger partial charge on any atom is 0.471 e. The van der Waals surface area contributed by atoms with Crippen LogP contribution in [0.1, 0.15) is 0 Å². The monoisotopic (exact) mass is 266 g/mol. The maximum atomic E-state index is 12.3. The molecule has 94 valence electrons. The van der Waals surface area contributed by atoms with Crippen molar-refractivity contribution < 1.29 is 18.0 Å². The Hall–Kier alpha value is -1.27. The molecule has 1 rings (SSSR count). The average molecular weight is 267 g/mol. The number of alkyl halides is 3. The highest BCUT2D eigenvalue weighted by atomic mass is 35.5. The van der Waals surface area contributed by atoms with E-state index in [0.29, 0.717) is 9.92 Å². The van der Waals surface area contributed by atoms with Crippen molar-refractivity contribution in [3.63, 3.8) is 0 Å². The normalized spacial score (nSPS) is 11.4. The molecule has 1 aromatic rings. The Morgan fingerprint density at radius 3 is 2.24 bits per heavy atom. The van der Waals surface area contributed by atoms with E-state index in [1.54, 1.807) is 0 Å². The highest BCUT2D eigenvalue weighted by Gasteiger charge is 2.42. The van der Waals surface area contributed by atoms with Crippen LogP contribution in [0.5, 0.6) is 0 Å². The number of nitrogens with zero attached hydrogens (tertiary/aromatic N) is 1. The lowest BCUT2D eigenvalue weighted by atomic mass is 10.2. The largest absolute Gasteiger partial charge is 0.471 e. The van der Waals surface area contributed by atoms with Gasteiger partial charge >= 0.3 is 12.1 Å². The van der Waals surface area contributed by atoms with Gasteiger partial charge in [0, 0.05) is 23.8 Å². The fraction of sp³-hybridized carbons (Fsp3) is 0.300. The summed E-state index contributed by atoms with van der Waals surface area (Å²) >= 11 is 5.61. The fourth-order valence-electron chi connectivity index (χ4n) is 1.25. The first-order chi connectivity index (χ1) is 7.86. The van der Waals surface area contributed by atoms with Gasteiger partial charge in [0.25, 0.3) is 0 Å². The van der Waals surface area contributed by atoms with E-state index in [-0.39, 0.29) is 18.8 Å². The number of hydrogen-bond donors (Lipinski definition) is 1. The summed E-state index contributed by atoms with van der Waals surface area (Å²) in [6.07, 6.45) is -4.92. The Labute approximate surface area is 101 Å². The summed E-state index contributed by atoms with van der Waals surface area (Å²) in [5.41, 5.74) is 5.30. The molecule has 0 saturated carbocycles. The summed E-state index contributed by atoms with van der Waals surface area (Å²) in [7, 11) is 0. The van der Waals surface area contributed by atoms with Gasteiger partial charge in [-0.05, 0) is 24.3 Å². The fourth-order valence-corrected chi connectivity index (χ4v) is 1.38. The molecule has 0 spiro atoms. The van der Waals surface area contributed by atoms with Crippen LogP contribution in [-0.2, 0) is 4.79 Å². The van der Waals surface area contributed by atoms with Crippen molar-refractivity contribution in [2.75, 3.05) is 18.0 Å². The number of anilines is 1. The molecule has 2 N–H and O–H groups in total. The summed E-state index contributed by atoms with van der Waals surface area (Å²) < 4.78 is 37.0. The van der Waals surface area contributed by atoms with Crippen molar-refractivity contribution in [3.05, 3.63) is 29.3 Å². The Morgan fingerprint density at radius 2 is 1.82 bits per heavy atom. The molecule has 0 saturated heterocycles. The Morgan fingerprint density at radius 1 is 1.29 bits per heavy atom. The van der Waals surface area contributed by atoms with Gasteiger partial charge in [0.15, 0.2) is 0 Å². The predicted octanol–water partition coefficient (Wildman–Crippen LogP) is 2.19. The Bertz CT molecular complexity index is 392. The molecule has 7 heteroatoms. The number of halogens is 4. The van der Waals surface area contributed by atoms with Gasteiger partial charge in [-0.25, -0.2) is 0 Å². The molecule has 0 aliphatic rings. The van der Waals surface area contributed by atoms with Gasteiger partial charge in [-0.2, -0.15) is 13.2 Å². The lowest BCUT2D eigenvalue weighted by Gasteiger charge is -2.23. The van der Waals surface area contributed by atoms with Crippen molar-refractivity contribution in [1.82, 2.24) is 0 Å². The summed E-state index contributed by atoms with van der Waals surface area (Å²) in [6, 6.07) is 5.48. The predicted molar refractivity (Wildman–Crippen MR) is 58.9 cm³/mol. The van der Waals surface area contributed by atoms with Crippen LogP contribution >= 0.6 is 11.6 Å². The van der Waals surface area contributed by atoms with E-state index in [1.807, 2.05) is 0 Å². The van der Waals surface area contributed by atoms with Gasteiger partial charge in [0.2, 0.25) is 0 Å². The second-order valence-electron chi connectivity index (χ2n) is 3.22. The van der Waals surface area contributed by atoms with Gasteiger partial charge in [0.1, 0.15) is 0 Å². The molecule has 17 heavy (non-hydrogen) atoms. The molecule has 0 atom stereocenters. The zero-order chi connectivity index (χ0) is 13.1. The maximum absolute atomic E-state index is 12.3. The Kier molecular flexibility index (Phi) is 4.36. The number of carbonyl (C=O) groups excluding carboxylic acids is 1. The first kappa shape index (κ1) is 13.8. The SMILES string of the molecule is NCCN(C(=O)C(F)(F)F)c1ccc(Cl)cc1. The number of carbonyl (C=O) groups is 1. The van der Waals surface area contributed by atoms with Gasteiger partial charge in [0.05, 0.1) is 0 Å². The molecule has 0 fully saturated rings. The van der Waals surface area contributed by atoms with Crippen LogP contribution < -0.4 is 10.6 Å². The number of rotatable bonds is 3. The third-order valence-electron chi connectivity index (χ3n) is 1.98. The second kappa shape index (κ2) is 5.37. The van der Waals surface area contributed by atoms with Crippen molar-refractivity contribution in [2.24, 2.45) is 5.73 Å². The van der Waals surface area contributed by atoms with Crippen LogP contribution in [0.3, 0.4) is 0 Å². The van der Waals surface area contributed by atoms with E-state index in [9.17, 15) is 18.0 Å². The molecule has 0 unspecified atom stereocenters. The topological polar surface area (TPSA) is 46.3 Å². The summed E-state index contributed by atoms with van der Waals surface area (Å²) in [5.74, 6) is -1.94. The highest BCUT2D eigenvalue weighted by molar-refractivity contribution is 6.30. The molecular formula is C10H10ClF3N2O. The highest BCUT2D eigenvalue weighted by Crippen LogP contribution is 2.24. The quantitative estimate of drug-likeness (QED) is 0.912. The number of nitrogens with two attached hydrogens (primary N) is 1. The second-order valence-corrected chi connectivity index (χ2v) is 3.66. The van der Waals surface area contributed by atoms with Crippen LogP contribution in [0, 0.1) is 0 Å². The smallest absolute Gasteiger partial charge is 0.329 e. The molecule has 3 nitrogen and oxygen atoms in total. The minimum atomic E-state index is -4.92.